The molecule has 7 nitrogen and oxygen atoms in total. The third kappa shape index (κ3) is 2.31. The zero-order valence-corrected chi connectivity index (χ0v) is 10.5. The van der Waals surface area contributed by atoms with Crippen molar-refractivity contribution in [3.63, 3.8) is 0 Å². The second kappa shape index (κ2) is 4.93. The molecule has 2 fully saturated rings. The molecule has 0 aromatic carbocycles. The van der Waals surface area contributed by atoms with Gasteiger partial charge in [0.05, 0.1) is 0 Å². The molecule has 0 amide bonds. The van der Waals surface area contributed by atoms with Crippen LogP contribution in [0.3, 0.4) is 0 Å². The summed E-state index contributed by atoms with van der Waals surface area (Å²) in [5, 5.41) is 3.31. The maximum atomic E-state index is 5.80. The van der Waals surface area contributed by atoms with Gasteiger partial charge in [-0.2, -0.15) is 15.0 Å². The van der Waals surface area contributed by atoms with Crippen LogP contribution in [0.1, 0.15) is 12.8 Å². The van der Waals surface area contributed by atoms with Gasteiger partial charge in [0.25, 0.3) is 0 Å². The maximum absolute atomic E-state index is 5.80. The van der Waals surface area contributed by atoms with Crippen molar-refractivity contribution in [3.8, 4) is 0 Å². The van der Waals surface area contributed by atoms with Gasteiger partial charge in [-0.25, -0.2) is 0 Å². The lowest BCUT2D eigenvalue weighted by Gasteiger charge is -2.28. The van der Waals surface area contributed by atoms with Crippen molar-refractivity contribution < 1.29 is 0 Å². The van der Waals surface area contributed by atoms with Crippen LogP contribution in [0.15, 0.2) is 0 Å². The molecule has 3 N–H and O–H groups in total. The minimum atomic E-state index is 0.320. The second-order valence-electron chi connectivity index (χ2n) is 4.72. The molecule has 1 aromatic heterocycles. The molecule has 0 spiro atoms. The fourth-order valence-electron chi connectivity index (χ4n) is 2.43. The van der Waals surface area contributed by atoms with Crippen molar-refractivity contribution in [2.45, 2.75) is 12.8 Å². The number of aromatic nitrogens is 3. The number of hydrogen-bond donors (Lipinski definition) is 2. The first-order chi connectivity index (χ1) is 8.83. The predicted molar refractivity (Wildman–Crippen MR) is 70.8 cm³/mol. The summed E-state index contributed by atoms with van der Waals surface area (Å²) in [4.78, 5) is 17.4. The zero-order chi connectivity index (χ0) is 12.4. The van der Waals surface area contributed by atoms with Gasteiger partial charge >= 0.3 is 0 Å². The summed E-state index contributed by atoms with van der Waals surface area (Å²) in [5.41, 5.74) is 5.80. The number of piperazine rings is 1. The van der Waals surface area contributed by atoms with E-state index >= 15 is 0 Å². The van der Waals surface area contributed by atoms with E-state index in [-0.39, 0.29) is 0 Å². The lowest BCUT2D eigenvalue weighted by molar-refractivity contribution is 0.579. The van der Waals surface area contributed by atoms with Crippen LogP contribution in [0.5, 0.6) is 0 Å². The maximum Gasteiger partial charge on any atom is 0.232 e. The van der Waals surface area contributed by atoms with Gasteiger partial charge in [0.15, 0.2) is 0 Å². The fraction of sp³-hybridized carbons (Fsp3) is 0.727. The molecule has 0 aliphatic carbocycles. The molecule has 3 heterocycles. The van der Waals surface area contributed by atoms with Crippen molar-refractivity contribution in [2.75, 3.05) is 54.8 Å². The Morgan fingerprint density at radius 2 is 1.39 bits per heavy atom. The monoisotopic (exact) mass is 249 g/mol. The summed E-state index contributed by atoms with van der Waals surface area (Å²) in [6.07, 6.45) is 2.41. The summed E-state index contributed by atoms with van der Waals surface area (Å²) in [5.74, 6) is 1.76. The Bertz CT molecular complexity index is 410. The van der Waals surface area contributed by atoms with E-state index in [2.05, 4.69) is 30.1 Å². The minimum absolute atomic E-state index is 0.320. The van der Waals surface area contributed by atoms with Gasteiger partial charge in [-0.1, -0.05) is 0 Å². The van der Waals surface area contributed by atoms with Gasteiger partial charge in [0, 0.05) is 39.3 Å². The van der Waals surface area contributed by atoms with Crippen LogP contribution < -0.4 is 20.9 Å². The van der Waals surface area contributed by atoms with Crippen molar-refractivity contribution in [3.05, 3.63) is 0 Å². The van der Waals surface area contributed by atoms with Gasteiger partial charge in [0.1, 0.15) is 0 Å². The first-order valence-corrected chi connectivity index (χ1v) is 6.55. The minimum Gasteiger partial charge on any atom is -0.368 e. The SMILES string of the molecule is Nc1nc(N2CCCC2)nc(N2CCNCC2)n1. The molecule has 0 atom stereocenters. The average Bonchev–Trinajstić information content (AvgIpc) is 2.93. The van der Waals surface area contributed by atoms with Gasteiger partial charge in [-0.15, -0.1) is 0 Å². The lowest BCUT2D eigenvalue weighted by Crippen LogP contribution is -2.44. The molecular weight excluding hydrogens is 230 g/mol. The molecule has 0 saturated carbocycles. The third-order valence-electron chi connectivity index (χ3n) is 3.42. The standard InChI is InChI=1S/C11H19N7/c12-9-14-10(17-5-1-2-6-17)16-11(15-9)18-7-3-13-4-8-18/h13H,1-8H2,(H2,12,14,15,16). The molecule has 0 unspecified atom stereocenters. The summed E-state index contributed by atoms with van der Waals surface area (Å²) in [6, 6.07) is 0. The van der Waals surface area contributed by atoms with E-state index in [0.29, 0.717) is 11.9 Å². The number of hydrogen-bond acceptors (Lipinski definition) is 7. The predicted octanol–water partition coefficient (Wildman–Crippen LogP) is -0.536. The molecule has 2 aliphatic rings. The average molecular weight is 249 g/mol. The summed E-state index contributed by atoms with van der Waals surface area (Å²) >= 11 is 0. The zero-order valence-electron chi connectivity index (χ0n) is 10.5. The molecule has 2 aliphatic heterocycles. The summed E-state index contributed by atoms with van der Waals surface area (Å²) < 4.78 is 0. The lowest BCUT2D eigenvalue weighted by atomic mass is 10.4. The Morgan fingerprint density at radius 3 is 2.00 bits per heavy atom. The van der Waals surface area contributed by atoms with E-state index in [0.717, 1.165) is 45.2 Å². The molecular formula is C11H19N7. The highest BCUT2D eigenvalue weighted by atomic mass is 15.4. The normalized spacial score (nSPS) is 20.4. The molecule has 2 saturated heterocycles. The molecule has 18 heavy (non-hydrogen) atoms. The van der Waals surface area contributed by atoms with Crippen molar-refractivity contribution in [1.82, 2.24) is 20.3 Å². The third-order valence-corrected chi connectivity index (χ3v) is 3.42. The first-order valence-electron chi connectivity index (χ1n) is 6.55. The highest BCUT2D eigenvalue weighted by Crippen LogP contribution is 2.19. The van der Waals surface area contributed by atoms with E-state index < -0.39 is 0 Å². The Hall–Kier alpha value is -1.63. The van der Waals surface area contributed by atoms with E-state index in [1.165, 1.54) is 12.8 Å². The first kappa shape index (κ1) is 11.5. The van der Waals surface area contributed by atoms with Gasteiger partial charge in [0.2, 0.25) is 17.8 Å². The van der Waals surface area contributed by atoms with Crippen molar-refractivity contribution in [2.24, 2.45) is 0 Å². The van der Waals surface area contributed by atoms with Gasteiger partial charge < -0.3 is 20.9 Å². The molecule has 0 radical (unpaired) electrons. The molecule has 3 rings (SSSR count). The quantitative estimate of drug-likeness (QED) is 0.728. The van der Waals surface area contributed by atoms with Crippen LogP contribution in [-0.4, -0.2) is 54.2 Å². The number of nitrogens with zero attached hydrogens (tertiary/aromatic N) is 5. The van der Waals surface area contributed by atoms with Crippen LogP contribution >= 0.6 is 0 Å². The topological polar surface area (TPSA) is 83.2 Å². The fourth-order valence-corrected chi connectivity index (χ4v) is 2.43. The molecule has 98 valence electrons. The molecule has 0 bridgehead atoms. The number of nitrogen functional groups attached to an aromatic ring is 1. The number of anilines is 3. The largest absolute Gasteiger partial charge is 0.368 e. The van der Waals surface area contributed by atoms with E-state index in [1.54, 1.807) is 0 Å². The molecule has 7 heteroatoms. The van der Waals surface area contributed by atoms with Crippen LogP contribution in [0.2, 0.25) is 0 Å². The highest BCUT2D eigenvalue weighted by molar-refractivity contribution is 5.44. The van der Waals surface area contributed by atoms with Crippen molar-refractivity contribution >= 4 is 17.8 Å². The summed E-state index contributed by atoms with van der Waals surface area (Å²) in [7, 11) is 0. The highest BCUT2D eigenvalue weighted by Gasteiger charge is 2.19. The Morgan fingerprint density at radius 1 is 0.833 bits per heavy atom. The van der Waals surface area contributed by atoms with Crippen LogP contribution in [0.25, 0.3) is 0 Å². The Kier molecular flexibility index (Phi) is 3.14. The summed E-state index contributed by atoms with van der Waals surface area (Å²) in [6.45, 7) is 5.80. The van der Waals surface area contributed by atoms with E-state index in [4.69, 9.17) is 5.73 Å². The van der Waals surface area contributed by atoms with Crippen LogP contribution in [0, 0.1) is 0 Å². The van der Waals surface area contributed by atoms with Crippen LogP contribution in [0.4, 0.5) is 17.8 Å². The number of rotatable bonds is 2. The van der Waals surface area contributed by atoms with E-state index in [9.17, 15) is 0 Å². The van der Waals surface area contributed by atoms with Crippen LogP contribution in [-0.2, 0) is 0 Å². The Labute approximate surface area is 106 Å². The van der Waals surface area contributed by atoms with Gasteiger partial charge in [-0.3, -0.25) is 0 Å². The Balaban J connectivity index is 1.84. The molecule has 1 aromatic rings. The van der Waals surface area contributed by atoms with E-state index in [1.807, 2.05) is 0 Å². The van der Waals surface area contributed by atoms with Crippen molar-refractivity contribution in [1.29, 1.82) is 0 Å². The van der Waals surface area contributed by atoms with Gasteiger partial charge in [-0.05, 0) is 12.8 Å². The number of nitrogens with one attached hydrogen (secondary N) is 1. The second-order valence-corrected chi connectivity index (χ2v) is 4.72. The number of nitrogens with two attached hydrogens (primary N) is 1. The smallest absolute Gasteiger partial charge is 0.232 e.